The fourth-order valence-electron chi connectivity index (χ4n) is 2.74. The number of rotatable bonds is 8. The quantitative estimate of drug-likeness (QED) is 0.233. The molecule has 0 saturated heterocycles. The normalized spacial score (nSPS) is 11.8. The lowest BCUT2D eigenvalue weighted by atomic mass is 10.1. The van der Waals surface area contributed by atoms with Crippen LogP contribution in [0.1, 0.15) is 17.7 Å². The standard InChI is InChI=1S/C20H20N4O3S/c1-4-12-23-19(15-8-10-18(27-3)11-9-15)21-22-20(23)28-14(2)16-6-5-7-17(13-16)24(25)26/h4-11,13-14H,1,12H2,2-3H3/t14-/m0/s1. The first kappa shape index (κ1) is 19.6. The fourth-order valence-corrected chi connectivity index (χ4v) is 3.72. The van der Waals surface area contributed by atoms with E-state index < -0.39 is 0 Å². The Bertz CT molecular complexity index is 985. The van der Waals surface area contributed by atoms with Crippen LogP contribution in [0.5, 0.6) is 5.75 Å². The number of aromatic nitrogens is 3. The van der Waals surface area contributed by atoms with Gasteiger partial charge in [0.1, 0.15) is 5.75 Å². The molecule has 2 aromatic carbocycles. The Morgan fingerprint density at radius 3 is 2.68 bits per heavy atom. The van der Waals surface area contributed by atoms with Crippen molar-refractivity contribution in [1.29, 1.82) is 0 Å². The van der Waals surface area contributed by atoms with Crippen LogP contribution in [0.15, 0.2) is 66.3 Å². The SMILES string of the molecule is C=CCn1c(S[C@@H](C)c2cccc([N+](=O)[O-])c2)nnc1-c1ccc(OC)cc1. The lowest BCUT2D eigenvalue weighted by Crippen LogP contribution is -2.02. The van der Waals surface area contributed by atoms with Gasteiger partial charge in [0.15, 0.2) is 11.0 Å². The zero-order valence-corrected chi connectivity index (χ0v) is 16.4. The van der Waals surface area contributed by atoms with E-state index in [1.54, 1.807) is 25.3 Å². The molecule has 144 valence electrons. The summed E-state index contributed by atoms with van der Waals surface area (Å²) < 4.78 is 7.18. The van der Waals surface area contributed by atoms with Crippen molar-refractivity contribution in [2.75, 3.05) is 7.11 Å². The van der Waals surface area contributed by atoms with Crippen LogP contribution in [0.3, 0.4) is 0 Å². The maximum Gasteiger partial charge on any atom is 0.269 e. The third-order valence-corrected chi connectivity index (χ3v) is 5.35. The third-order valence-electron chi connectivity index (χ3n) is 4.21. The van der Waals surface area contributed by atoms with Gasteiger partial charge in [-0.1, -0.05) is 30.0 Å². The Hall–Kier alpha value is -3.13. The molecule has 1 atom stereocenters. The summed E-state index contributed by atoms with van der Waals surface area (Å²) >= 11 is 1.50. The van der Waals surface area contributed by atoms with Gasteiger partial charge in [-0.05, 0) is 36.8 Å². The molecule has 0 aliphatic carbocycles. The van der Waals surface area contributed by atoms with Gasteiger partial charge in [-0.2, -0.15) is 0 Å². The highest BCUT2D eigenvalue weighted by molar-refractivity contribution is 7.99. The minimum Gasteiger partial charge on any atom is -0.497 e. The number of hydrogen-bond donors (Lipinski definition) is 0. The molecule has 8 heteroatoms. The number of methoxy groups -OCH3 is 1. The molecule has 3 aromatic rings. The van der Waals surface area contributed by atoms with E-state index >= 15 is 0 Å². The van der Waals surface area contributed by atoms with Gasteiger partial charge in [0.25, 0.3) is 5.69 Å². The Morgan fingerprint density at radius 2 is 2.04 bits per heavy atom. The predicted molar refractivity (Wildman–Crippen MR) is 110 cm³/mol. The van der Waals surface area contributed by atoms with Gasteiger partial charge in [0.2, 0.25) is 0 Å². The molecule has 0 saturated carbocycles. The molecule has 0 amide bonds. The molecule has 0 radical (unpaired) electrons. The lowest BCUT2D eigenvalue weighted by molar-refractivity contribution is -0.384. The fraction of sp³-hybridized carbons (Fsp3) is 0.200. The zero-order chi connectivity index (χ0) is 20.1. The number of thioether (sulfide) groups is 1. The van der Waals surface area contributed by atoms with Crippen molar-refractivity contribution >= 4 is 17.4 Å². The van der Waals surface area contributed by atoms with Gasteiger partial charge in [0.05, 0.1) is 12.0 Å². The molecule has 0 bridgehead atoms. The number of nitrogens with zero attached hydrogens (tertiary/aromatic N) is 4. The van der Waals surface area contributed by atoms with Crippen molar-refractivity contribution in [1.82, 2.24) is 14.8 Å². The van der Waals surface area contributed by atoms with Crippen LogP contribution in [0, 0.1) is 10.1 Å². The summed E-state index contributed by atoms with van der Waals surface area (Å²) in [5.41, 5.74) is 1.86. The van der Waals surface area contributed by atoms with Crippen molar-refractivity contribution in [2.45, 2.75) is 23.9 Å². The van der Waals surface area contributed by atoms with Crippen LogP contribution < -0.4 is 4.74 Å². The van der Waals surface area contributed by atoms with Crippen LogP contribution in [0.2, 0.25) is 0 Å². The average Bonchev–Trinajstić information content (AvgIpc) is 3.10. The van der Waals surface area contributed by atoms with E-state index in [0.29, 0.717) is 6.54 Å². The Kier molecular flexibility index (Phi) is 6.10. The van der Waals surface area contributed by atoms with E-state index in [0.717, 1.165) is 27.9 Å². The van der Waals surface area contributed by atoms with Crippen molar-refractivity contribution < 1.29 is 9.66 Å². The Balaban J connectivity index is 1.89. The first-order valence-corrected chi connectivity index (χ1v) is 9.51. The van der Waals surface area contributed by atoms with Gasteiger partial charge in [-0.25, -0.2) is 0 Å². The summed E-state index contributed by atoms with van der Waals surface area (Å²) in [5, 5.41) is 20.4. The van der Waals surface area contributed by atoms with Crippen molar-refractivity contribution in [3.05, 3.63) is 76.9 Å². The van der Waals surface area contributed by atoms with E-state index in [4.69, 9.17) is 4.74 Å². The van der Waals surface area contributed by atoms with Gasteiger partial charge < -0.3 is 4.74 Å². The maximum atomic E-state index is 11.0. The van der Waals surface area contributed by atoms with E-state index in [2.05, 4.69) is 16.8 Å². The van der Waals surface area contributed by atoms with E-state index in [-0.39, 0.29) is 15.9 Å². The topological polar surface area (TPSA) is 83.1 Å². The summed E-state index contributed by atoms with van der Waals surface area (Å²) in [4.78, 5) is 10.6. The second-order valence-corrected chi connectivity index (χ2v) is 7.35. The Morgan fingerprint density at radius 1 is 1.29 bits per heavy atom. The van der Waals surface area contributed by atoms with Crippen molar-refractivity contribution in [3.63, 3.8) is 0 Å². The van der Waals surface area contributed by atoms with Crippen LogP contribution in [0.4, 0.5) is 5.69 Å². The number of hydrogen-bond acceptors (Lipinski definition) is 6. The second kappa shape index (κ2) is 8.71. The number of allylic oxidation sites excluding steroid dienone is 1. The largest absolute Gasteiger partial charge is 0.497 e. The van der Waals surface area contributed by atoms with Crippen LogP contribution in [-0.2, 0) is 6.54 Å². The summed E-state index contributed by atoms with van der Waals surface area (Å²) in [6.07, 6.45) is 1.79. The van der Waals surface area contributed by atoms with Gasteiger partial charge in [-0.3, -0.25) is 14.7 Å². The third kappa shape index (κ3) is 4.23. The molecule has 0 aliphatic rings. The minimum absolute atomic E-state index is 0.0311. The second-order valence-electron chi connectivity index (χ2n) is 6.05. The molecule has 1 heterocycles. The number of benzene rings is 2. The first-order chi connectivity index (χ1) is 13.5. The van der Waals surface area contributed by atoms with E-state index in [9.17, 15) is 10.1 Å². The van der Waals surface area contributed by atoms with Crippen molar-refractivity contribution in [3.8, 4) is 17.1 Å². The maximum absolute atomic E-state index is 11.0. The molecular formula is C20H20N4O3S. The molecule has 0 fully saturated rings. The van der Waals surface area contributed by atoms with Crippen LogP contribution >= 0.6 is 11.8 Å². The van der Waals surface area contributed by atoms with Gasteiger partial charge >= 0.3 is 0 Å². The molecule has 0 spiro atoms. The minimum atomic E-state index is -0.386. The zero-order valence-electron chi connectivity index (χ0n) is 15.6. The summed E-state index contributed by atoms with van der Waals surface area (Å²) in [7, 11) is 1.62. The predicted octanol–water partition coefficient (Wildman–Crippen LogP) is 4.90. The molecule has 3 rings (SSSR count). The van der Waals surface area contributed by atoms with Gasteiger partial charge in [-0.15, -0.1) is 16.8 Å². The summed E-state index contributed by atoms with van der Waals surface area (Å²) in [5.74, 6) is 1.50. The molecular weight excluding hydrogens is 376 g/mol. The number of non-ortho nitro benzene ring substituents is 1. The highest BCUT2D eigenvalue weighted by atomic mass is 32.2. The summed E-state index contributed by atoms with van der Waals surface area (Å²) in [6, 6.07) is 14.3. The molecule has 7 nitrogen and oxygen atoms in total. The average molecular weight is 396 g/mol. The monoisotopic (exact) mass is 396 g/mol. The van der Waals surface area contributed by atoms with Crippen LogP contribution in [0.25, 0.3) is 11.4 Å². The smallest absolute Gasteiger partial charge is 0.269 e. The lowest BCUT2D eigenvalue weighted by Gasteiger charge is -2.13. The highest BCUT2D eigenvalue weighted by Gasteiger charge is 2.18. The van der Waals surface area contributed by atoms with Gasteiger partial charge in [0, 0.05) is 29.5 Å². The number of nitro groups is 1. The summed E-state index contributed by atoms with van der Waals surface area (Å²) in [6.45, 7) is 6.37. The molecule has 1 aromatic heterocycles. The first-order valence-electron chi connectivity index (χ1n) is 8.63. The van der Waals surface area contributed by atoms with Crippen molar-refractivity contribution in [2.24, 2.45) is 0 Å². The molecule has 0 N–H and O–H groups in total. The number of ether oxygens (including phenoxy) is 1. The number of nitro benzene ring substituents is 1. The molecule has 0 aliphatic heterocycles. The van der Waals surface area contributed by atoms with E-state index in [1.807, 2.05) is 41.8 Å². The van der Waals surface area contributed by atoms with Crippen LogP contribution in [-0.4, -0.2) is 26.8 Å². The highest BCUT2D eigenvalue weighted by Crippen LogP contribution is 2.36. The Labute approximate surface area is 167 Å². The van der Waals surface area contributed by atoms with E-state index in [1.165, 1.54) is 17.8 Å². The molecule has 0 unspecified atom stereocenters. The molecule has 28 heavy (non-hydrogen) atoms.